The van der Waals surface area contributed by atoms with E-state index in [0.717, 1.165) is 10.8 Å². The van der Waals surface area contributed by atoms with Gasteiger partial charge in [0.1, 0.15) is 23.9 Å². The van der Waals surface area contributed by atoms with E-state index in [1.54, 1.807) is 26.8 Å². The zero-order chi connectivity index (χ0) is 24.1. The second-order valence-corrected chi connectivity index (χ2v) is 8.55. The molecule has 0 fully saturated rings. The first-order chi connectivity index (χ1) is 15.1. The van der Waals surface area contributed by atoms with Crippen LogP contribution in [0.5, 0.6) is 5.75 Å². The lowest BCUT2D eigenvalue weighted by molar-refractivity contribution is -0.116. The number of sulfonamides is 1. The van der Waals surface area contributed by atoms with Crippen LogP contribution in [0.2, 0.25) is 0 Å². The monoisotopic (exact) mass is 463 g/mol. The van der Waals surface area contributed by atoms with Crippen LogP contribution in [0.1, 0.15) is 26.3 Å². The molecule has 0 aliphatic heterocycles. The van der Waals surface area contributed by atoms with Crippen molar-refractivity contribution in [1.82, 2.24) is 13.4 Å². The number of hydrogen-bond acceptors (Lipinski definition) is 7. The number of rotatable bonds is 9. The number of amides is 1. The smallest absolute Gasteiger partial charge is 0.331 e. The molecular formula is C20H25N5O6S. The fourth-order valence-electron chi connectivity index (χ4n) is 3.09. The fraction of sp³-hybridized carbons (Fsp3) is 0.400. The molecule has 11 nitrogen and oxygen atoms in total. The van der Waals surface area contributed by atoms with Crippen molar-refractivity contribution in [3.8, 4) is 11.8 Å². The average Bonchev–Trinajstić information content (AvgIpc) is 2.77. The zero-order valence-corrected chi connectivity index (χ0v) is 19.1. The number of nitrogens with one attached hydrogen (secondary N) is 1. The predicted molar refractivity (Wildman–Crippen MR) is 117 cm³/mol. The first kappa shape index (κ1) is 24.8. The third-order valence-corrected chi connectivity index (χ3v) is 6.83. The molecule has 172 valence electrons. The van der Waals surface area contributed by atoms with Crippen molar-refractivity contribution in [2.45, 2.75) is 38.8 Å². The number of anilines is 1. The van der Waals surface area contributed by atoms with Crippen LogP contribution in [-0.2, 0) is 27.9 Å². The Morgan fingerprint density at radius 2 is 1.88 bits per heavy atom. The van der Waals surface area contributed by atoms with Gasteiger partial charge in [0.05, 0.1) is 17.7 Å². The lowest BCUT2D eigenvalue weighted by Crippen LogP contribution is -2.43. The zero-order valence-electron chi connectivity index (χ0n) is 18.3. The standard InChI is InChI=1S/C20H25N5O6S/c1-5-23-12-14(11-21)19(27)25(20(23)28)13-18(26)22-16-10-15(8-9-17(16)31-4)32(29,30)24(6-2)7-3/h8-10,12H,5-7,13H2,1-4H3,(H,22,26). The summed E-state index contributed by atoms with van der Waals surface area (Å²) in [5.41, 5.74) is -1.84. The maximum absolute atomic E-state index is 12.8. The number of aromatic nitrogens is 2. The van der Waals surface area contributed by atoms with Gasteiger partial charge in [-0.2, -0.15) is 9.57 Å². The molecule has 1 heterocycles. The van der Waals surface area contributed by atoms with Gasteiger partial charge in [-0.05, 0) is 25.1 Å². The summed E-state index contributed by atoms with van der Waals surface area (Å²) >= 11 is 0. The van der Waals surface area contributed by atoms with Crippen molar-refractivity contribution in [2.75, 3.05) is 25.5 Å². The number of methoxy groups -OCH3 is 1. The van der Waals surface area contributed by atoms with Gasteiger partial charge in [-0.1, -0.05) is 13.8 Å². The Labute approximate surface area is 185 Å². The molecule has 1 N–H and O–H groups in total. The van der Waals surface area contributed by atoms with Gasteiger partial charge in [0, 0.05) is 25.8 Å². The maximum atomic E-state index is 12.8. The summed E-state index contributed by atoms with van der Waals surface area (Å²) in [5.74, 6) is -0.571. The molecule has 0 spiro atoms. The number of ether oxygens (including phenoxy) is 1. The van der Waals surface area contributed by atoms with E-state index in [1.165, 1.54) is 29.6 Å². The van der Waals surface area contributed by atoms with Crippen LogP contribution in [-0.4, -0.2) is 48.0 Å². The molecule has 0 atom stereocenters. The van der Waals surface area contributed by atoms with Crippen LogP contribution in [0.4, 0.5) is 5.69 Å². The highest BCUT2D eigenvalue weighted by Gasteiger charge is 2.23. The first-order valence-corrected chi connectivity index (χ1v) is 11.3. The van der Waals surface area contributed by atoms with Crippen molar-refractivity contribution < 1.29 is 17.9 Å². The Morgan fingerprint density at radius 1 is 1.22 bits per heavy atom. The Morgan fingerprint density at radius 3 is 2.41 bits per heavy atom. The number of nitrogens with zero attached hydrogens (tertiary/aromatic N) is 4. The van der Waals surface area contributed by atoms with Crippen molar-refractivity contribution in [3.63, 3.8) is 0 Å². The van der Waals surface area contributed by atoms with Crippen LogP contribution in [0.3, 0.4) is 0 Å². The summed E-state index contributed by atoms with van der Waals surface area (Å²) in [5, 5.41) is 11.6. The summed E-state index contributed by atoms with van der Waals surface area (Å²) in [6.07, 6.45) is 1.14. The molecule has 2 rings (SSSR count). The van der Waals surface area contributed by atoms with Crippen molar-refractivity contribution in [3.05, 3.63) is 50.8 Å². The average molecular weight is 464 g/mol. The highest BCUT2D eigenvalue weighted by Crippen LogP contribution is 2.29. The van der Waals surface area contributed by atoms with Gasteiger partial charge in [0.15, 0.2) is 0 Å². The topological polar surface area (TPSA) is 144 Å². The van der Waals surface area contributed by atoms with E-state index in [1.807, 2.05) is 0 Å². The lowest BCUT2D eigenvalue weighted by atomic mass is 10.3. The fourth-order valence-corrected chi connectivity index (χ4v) is 4.57. The molecule has 0 aliphatic carbocycles. The second-order valence-electron chi connectivity index (χ2n) is 6.61. The number of nitriles is 1. The van der Waals surface area contributed by atoms with Gasteiger partial charge in [0.2, 0.25) is 15.9 Å². The summed E-state index contributed by atoms with van der Waals surface area (Å²) in [6.45, 7) is 5.16. The molecule has 32 heavy (non-hydrogen) atoms. The van der Waals surface area contributed by atoms with Gasteiger partial charge in [0.25, 0.3) is 5.56 Å². The molecule has 0 saturated carbocycles. The Hall–Kier alpha value is -3.43. The van der Waals surface area contributed by atoms with Crippen LogP contribution in [0, 0.1) is 11.3 Å². The van der Waals surface area contributed by atoms with E-state index in [0.29, 0.717) is 4.57 Å². The van der Waals surface area contributed by atoms with Crippen molar-refractivity contribution in [1.29, 1.82) is 5.26 Å². The SMILES string of the molecule is CCN(CC)S(=O)(=O)c1ccc(OC)c(NC(=O)Cn2c(=O)c(C#N)cn(CC)c2=O)c1. The molecule has 1 amide bonds. The van der Waals surface area contributed by atoms with Gasteiger partial charge in [-0.3, -0.25) is 14.2 Å². The third-order valence-electron chi connectivity index (χ3n) is 4.79. The third kappa shape index (κ3) is 4.90. The highest BCUT2D eigenvalue weighted by atomic mass is 32.2. The van der Waals surface area contributed by atoms with E-state index in [4.69, 9.17) is 10.00 Å². The molecule has 0 aliphatic rings. The molecular weight excluding hydrogens is 438 g/mol. The maximum Gasteiger partial charge on any atom is 0.331 e. The van der Waals surface area contributed by atoms with Gasteiger partial charge >= 0.3 is 5.69 Å². The van der Waals surface area contributed by atoms with Crippen LogP contribution in [0.25, 0.3) is 0 Å². The minimum Gasteiger partial charge on any atom is -0.495 e. The number of carbonyl (C=O) groups excluding carboxylic acids is 1. The molecule has 0 unspecified atom stereocenters. The van der Waals surface area contributed by atoms with Crippen LogP contribution >= 0.6 is 0 Å². The Bertz CT molecular complexity index is 1270. The Kier molecular flexibility index (Phi) is 7.96. The molecule has 1 aromatic heterocycles. The van der Waals surface area contributed by atoms with Gasteiger partial charge < -0.3 is 10.1 Å². The number of carbonyl (C=O) groups is 1. The molecule has 1 aromatic carbocycles. The van der Waals surface area contributed by atoms with Crippen LogP contribution in [0.15, 0.2) is 38.9 Å². The normalized spacial score (nSPS) is 11.2. The predicted octanol–water partition coefficient (Wildman–Crippen LogP) is 0.579. The summed E-state index contributed by atoms with van der Waals surface area (Å²) < 4.78 is 33.9. The van der Waals surface area contributed by atoms with E-state index >= 15 is 0 Å². The number of hydrogen-bond donors (Lipinski definition) is 1. The van der Waals surface area contributed by atoms with Crippen molar-refractivity contribution >= 4 is 21.6 Å². The molecule has 0 saturated heterocycles. The van der Waals surface area contributed by atoms with Gasteiger partial charge in [-0.25, -0.2) is 17.8 Å². The van der Waals surface area contributed by atoms with Crippen molar-refractivity contribution in [2.24, 2.45) is 0 Å². The van der Waals surface area contributed by atoms with E-state index < -0.39 is 33.7 Å². The molecule has 0 bridgehead atoms. The summed E-state index contributed by atoms with van der Waals surface area (Å²) in [6, 6.07) is 5.73. The summed E-state index contributed by atoms with van der Waals surface area (Å²) in [4.78, 5) is 37.4. The molecule has 12 heteroatoms. The van der Waals surface area contributed by atoms with Crippen LogP contribution < -0.4 is 21.3 Å². The minimum atomic E-state index is -3.79. The second kappa shape index (κ2) is 10.3. The number of benzene rings is 1. The van der Waals surface area contributed by atoms with Gasteiger partial charge in [-0.15, -0.1) is 0 Å². The largest absolute Gasteiger partial charge is 0.495 e. The summed E-state index contributed by atoms with van der Waals surface area (Å²) in [7, 11) is -2.44. The van der Waals surface area contributed by atoms with E-state index in [2.05, 4.69) is 5.32 Å². The Balaban J connectivity index is 2.44. The quantitative estimate of drug-likeness (QED) is 0.573. The first-order valence-electron chi connectivity index (χ1n) is 9.86. The number of aryl methyl sites for hydroxylation is 1. The molecule has 0 radical (unpaired) electrons. The lowest BCUT2D eigenvalue weighted by Gasteiger charge is -2.19. The van der Waals surface area contributed by atoms with E-state index in [9.17, 15) is 22.8 Å². The minimum absolute atomic E-state index is 0.0470. The van der Waals surface area contributed by atoms with E-state index in [-0.39, 0.29) is 41.5 Å². The highest BCUT2D eigenvalue weighted by molar-refractivity contribution is 7.89. The molecule has 2 aromatic rings.